The van der Waals surface area contributed by atoms with E-state index < -0.39 is 5.91 Å². The van der Waals surface area contributed by atoms with Crippen LogP contribution in [0.1, 0.15) is 22.8 Å². The third kappa shape index (κ3) is 2.40. The molecule has 5 nitrogen and oxygen atoms in total. The van der Waals surface area contributed by atoms with Crippen LogP contribution in [0.25, 0.3) is 11.1 Å². The molecule has 0 bridgehead atoms. The lowest BCUT2D eigenvalue weighted by atomic mass is 9.98. The van der Waals surface area contributed by atoms with Crippen molar-refractivity contribution < 1.29 is 4.79 Å². The van der Waals surface area contributed by atoms with Crippen molar-refractivity contribution in [3.05, 3.63) is 51.9 Å². The lowest BCUT2D eigenvalue weighted by Crippen LogP contribution is -2.21. The Bertz CT molecular complexity index is 689. The van der Waals surface area contributed by atoms with Crippen molar-refractivity contribution in [2.75, 3.05) is 0 Å². The average molecular weight is 257 g/mol. The first-order valence-electron chi connectivity index (χ1n) is 6.00. The zero-order valence-electron chi connectivity index (χ0n) is 10.9. The first kappa shape index (κ1) is 13.0. The van der Waals surface area contributed by atoms with E-state index in [0.29, 0.717) is 23.1 Å². The monoisotopic (exact) mass is 257 g/mol. The van der Waals surface area contributed by atoms with Gasteiger partial charge in [0.2, 0.25) is 5.91 Å². The molecule has 1 amide bonds. The quantitative estimate of drug-likeness (QED) is 0.894. The van der Waals surface area contributed by atoms with Crippen LogP contribution >= 0.6 is 0 Å². The van der Waals surface area contributed by atoms with Crippen LogP contribution in [-0.2, 0) is 13.5 Å². The lowest BCUT2D eigenvalue weighted by Gasteiger charge is -2.08. The second-order valence-electron chi connectivity index (χ2n) is 4.26. The number of primary amides is 1. The fourth-order valence-corrected chi connectivity index (χ4v) is 2.01. The summed E-state index contributed by atoms with van der Waals surface area (Å²) in [6.45, 7) is 1.95. The van der Waals surface area contributed by atoms with Crippen LogP contribution in [-0.4, -0.2) is 15.7 Å². The Hall–Kier alpha value is -2.43. The van der Waals surface area contributed by atoms with Gasteiger partial charge in [0.25, 0.3) is 5.56 Å². The molecule has 0 aliphatic carbocycles. The Morgan fingerprint density at radius 1 is 1.37 bits per heavy atom. The van der Waals surface area contributed by atoms with Crippen molar-refractivity contribution in [2.45, 2.75) is 13.3 Å². The highest BCUT2D eigenvalue weighted by atomic mass is 16.1. The number of nitrogens with two attached hydrogens (primary N) is 1. The largest absolute Gasteiger partial charge is 0.366 e. The van der Waals surface area contributed by atoms with Crippen LogP contribution < -0.4 is 11.3 Å². The normalized spacial score (nSPS) is 10.4. The Morgan fingerprint density at radius 2 is 2.11 bits per heavy atom. The number of hydrogen-bond acceptors (Lipinski definition) is 3. The summed E-state index contributed by atoms with van der Waals surface area (Å²) in [4.78, 5) is 23.4. The van der Waals surface area contributed by atoms with Crippen molar-refractivity contribution >= 4 is 5.91 Å². The van der Waals surface area contributed by atoms with Crippen LogP contribution in [0.5, 0.6) is 0 Å². The Kier molecular flexibility index (Phi) is 3.46. The highest BCUT2D eigenvalue weighted by Gasteiger charge is 2.11. The van der Waals surface area contributed by atoms with Gasteiger partial charge in [-0.05, 0) is 29.7 Å². The third-order valence-corrected chi connectivity index (χ3v) is 3.07. The van der Waals surface area contributed by atoms with Crippen LogP contribution in [0.4, 0.5) is 0 Å². The molecule has 5 heteroatoms. The Labute approximate surface area is 110 Å². The molecule has 0 saturated heterocycles. The molecule has 2 aromatic rings. The number of aryl methyl sites for hydroxylation is 2. The maximum absolute atomic E-state index is 12.0. The molecule has 98 valence electrons. The molecule has 1 aromatic heterocycles. The summed E-state index contributed by atoms with van der Waals surface area (Å²) in [5.41, 5.74) is 7.68. The van der Waals surface area contributed by atoms with Gasteiger partial charge in [0.05, 0.1) is 5.56 Å². The van der Waals surface area contributed by atoms with Gasteiger partial charge < -0.3 is 5.73 Å². The molecular weight excluding hydrogens is 242 g/mol. The molecule has 0 radical (unpaired) electrons. The zero-order valence-corrected chi connectivity index (χ0v) is 10.9. The number of rotatable bonds is 3. The molecule has 0 aliphatic rings. The molecular formula is C14H15N3O2. The minimum absolute atomic E-state index is 0.206. The average Bonchev–Trinajstić information content (AvgIpc) is 2.41. The topological polar surface area (TPSA) is 78.0 Å². The van der Waals surface area contributed by atoms with Gasteiger partial charge in [-0.3, -0.25) is 9.59 Å². The second-order valence-corrected chi connectivity index (χ2v) is 4.26. The van der Waals surface area contributed by atoms with Gasteiger partial charge in [0.15, 0.2) is 0 Å². The fraction of sp³-hybridized carbons (Fsp3) is 0.214. The van der Waals surface area contributed by atoms with Gasteiger partial charge in [0.1, 0.15) is 0 Å². The summed E-state index contributed by atoms with van der Waals surface area (Å²) in [5.74, 6) is -0.482. The molecule has 0 fully saturated rings. The summed E-state index contributed by atoms with van der Waals surface area (Å²) < 4.78 is 1.26. The number of carbonyl (C=O) groups is 1. The molecule has 2 rings (SSSR count). The number of hydrogen-bond donors (Lipinski definition) is 1. The first-order chi connectivity index (χ1) is 9.04. The third-order valence-electron chi connectivity index (χ3n) is 3.07. The maximum atomic E-state index is 12.0. The van der Waals surface area contributed by atoms with Gasteiger partial charge in [-0.25, -0.2) is 4.68 Å². The molecule has 0 aliphatic heterocycles. The number of carbonyl (C=O) groups excluding carboxylic acids is 1. The van der Waals surface area contributed by atoms with E-state index in [1.807, 2.05) is 19.1 Å². The van der Waals surface area contributed by atoms with E-state index in [-0.39, 0.29) is 5.56 Å². The van der Waals surface area contributed by atoms with Gasteiger partial charge in [-0.15, -0.1) is 0 Å². The Balaban J connectivity index is 2.64. The van der Waals surface area contributed by atoms with E-state index in [2.05, 4.69) is 5.10 Å². The van der Waals surface area contributed by atoms with Crippen molar-refractivity contribution in [2.24, 2.45) is 12.8 Å². The highest BCUT2D eigenvalue weighted by Crippen LogP contribution is 2.20. The zero-order chi connectivity index (χ0) is 14.0. The predicted octanol–water partition coefficient (Wildman–Crippen LogP) is 1.11. The predicted molar refractivity (Wildman–Crippen MR) is 72.8 cm³/mol. The van der Waals surface area contributed by atoms with Crippen LogP contribution in [0.15, 0.2) is 35.3 Å². The van der Waals surface area contributed by atoms with Crippen molar-refractivity contribution in [1.82, 2.24) is 9.78 Å². The molecule has 0 unspecified atom stereocenters. The molecule has 0 spiro atoms. The second kappa shape index (κ2) is 5.06. The van der Waals surface area contributed by atoms with E-state index in [1.54, 1.807) is 25.4 Å². The van der Waals surface area contributed by atoms with Gasteiger partial charge in [0, 0.05) is 18.8 Å². The number of aromatic nitrogens is 2. The molecule has 1 aromatic carbocycles. The van der Waals surface area contributed by atoms with Crippen molar-refractivity contribution in [3.8, 4) is 11.1 Å². The van der Waals surface area contributed by atoms with Crippen LogP contribution in [0.3, 0.4) is 0 Å². The minimum Gasteiger partial charge on any atom is -0.366 e. The maximum Gasteiger partial charge on any atom is 0.274 e. The summed E-state index contributed by atoms with van der Waals surface area (Å²) in [5, 5.41) is 3.87. The van der Waals surface area contributed by atoms with E-state index in [0.717, 1.165) is 5.56 Å². The minimum atomic E-state index is -0.482. The van der Waals surface area contributed by atoms with E-state index in [1.165, 1.54) is 4.68 Å². The smallest absolute Gasteiger partial charge is 0.274 e. The van der Waals surface area contributed by atoms with Crippen LogP contribution in [0.2, 0.25) is 0 Å². The number of amides is 1. The molecule has 0 atom stereocenters. The lowest BCUT2D eigenvalue weighted by molar-refractivity contribution is 0.0999. The number of nitrogens with zero attached hydrogens (tertiary/aromatic N) is 2. The molecule has 19 heavy (non-hydrogen) atoms. The Morgan fingerprint density at radius 3 is 2.74 bits per heavy atom. The summed E-state index contributed by atoms with van der Waals surface area (Å²) in [6.07, 6.45) is 2.27. The van der Waals surface area contributed by atoms with Gasteiger partial charge in [-0.1, -0.05) is 19.1 Å². The molecule has 0 saturated carbocycles. The summed E-state index contributed by atoms with van der Waals surface area (Å²) >= 11 is 0. The van der Waals surface area contributed by atoms with Crippen molar-refractivity contribution in [1.29, 1.82) is 0 Å². The molecule has 2 N–H and O–H groups in total. The highest BCUT2D eigenvalue weighted by molar-refractivity contribution is 5.95. The van der Waals surface area contributed by atoms with E-state index in [4.69, 9.17) is 5.73 Å². The van der Waals surface area contributed by atoms with Crippen molar-refractivity contribution in [3.63, 3.8) is 0 Å². The van der Waals surface area contributed by atoms with E-state index in [9.17, 15) is 9.59 Å². The van der Waals surface area contributed by atoms with Crippen LogP contribution in [0, 0.1) is 0 Å². The SMILES string of the molecule is CCc1ccc(-c2ccnn(C)c2=O)cc1C(N)=O. The van der Waals surface area contributed by atoms with Gasteiger partial charge in [-0.2, -0.15) is 5.10 Å². The number of benzene rings is 1. The molecule has 1 heterocycles. The first-order valence-corrected chi connectivity index (χ1v) is 6.00. The summed E-state index contributed by atoms with van der Waals surface area (Å²) in [6, 6.07) is 6.95. The standard InChI is InChI=1S/C14H15N3O2/c1-3-9-4-5-10(8-12(9)13(15)18)11-6-7-16-17(2)14(11)19/h4-8H,3H2,1-2H3,(H2,15,18). The van der Waals surface area contributed by atoms with Gasteiger partial charge >= 0.3 is 0 Å². The van der Waals surface area contributed by atoms with E-state index >= 15 is 0 Å². The fourth-order valence-electron chi connectivity index (χ4n) is 2.01. The summed E-state index contributed by atoms with van der Waals surface area (Å²) in [7, 11) is 1.58.